The average Bonchev–Trinajstić information content (AvgIpc) is 2.72. The van der Waals surface area contributed by atoms with Crippen molar-refractivity contribution < 1.29 is 24.2 Å². The topological polar surface area (TPSA) is 74.6 Å². The van der Waals surface area contributed by atoms with Gasteiger partial charge in [0.1, 0.15) is 5.82 Å². The summed E-state index contributed by atoms with van der Waals surface area (Å²) in [5.74, 6) is -2.99. The molecule has 1 aliphatic rings. The van der Waals surface area contributed by atoms with Crippen LogP contribution in [0.1, 0.15) is 76.7 Å². The molecule has 0 bridgehead atoms. The second kappa shape index (κ2) is 11.5. The van der Waals surface area contributed by atoms with E-state index in [-0.39, 0.29) is 24.0 Å². The first-order chi connectivity index (χ1) is 14.0. The molecule has 158 valence electrons. The number of allylic oxidation sites excluding steroid dienone is 2. The number of rotatable bonds is 12. The average molecular weight is 403 g/mol. The molecule has 4 nitrogen and oxygen atoms in total. The van der Waals surface area contributed by atoms with E-state index in [1.807, 2.05) is 0 Å². The molecule has 0 saturated carbocycles. The van der Waals surface area contributed by atoms with Crippen LogP contribution in [-0.4, -0.2) is 21.8 Å². The van der Waals surface area contributed by atoms with E-state index >= 15 is 0 Å². The molecule has 0 unspecified atom stereocenters. The number of carbonyl (C=O) groups excluding carboxylic acids is 2. The van der Waals surface area contributed by atoms with Gasteiger partial charge in [-0.1, -0.05) is 70.4 Å². The van der Waals surface area contributed by atoms with Crippen LogP contribution in [0.15, 0.2) is 46.9 Å². The normalized spacial score (nSPS) is 14.8. The van der Waals surface area contributed by atoms with E-state index < -0.39 is 28.9 Å². The van der Waals surface area contributed by atoms with Gasteiger partial charge in [-0.25, -0.2) is 4.39 Å². The molecule has 29 heavy (non-hydrogen) atoms. The Morgan fingerprint density at radius 2 is 1.21 bits per heavy atom. The van der Waals surface area contributed by atoms with E-state index in [2.05, 4.69) is 6.92 Å². The van der Waals surface area contributed by atoms with Crippen molar-refractivity contribution in [1.82, 2.24) is 0 Å². The summed E-state index contributed by atoms with van der Waals surface area (Å²) in [5.41, 5.74) is 0.428. The molecule has 1 aromatic carbocycles. The Hall–Kier alpha value is -2.43. The van der Waals surface area contributed by atoms with Gasteiger partial charge < -0.3 is 10.2 Å². The lowest BCUT2D eigenvalue weighted by molar-refractivity contribution is -0.120. The third-order valence-corrected chi connectivity index (χ3v) is 5.37. The zero-order valence-corrected chi connectivity index (χ0v) is 17.2. The summed E-state index contributed by atoms with van der Waals surface area (Å²) < 4.78 is 13.0. The van der Waals surface area contributed by atoms with Gasteiger partial charge in [-0.2, -0.15) is 0 Å². The van der Waals surface area contributed by atoms with Crippen LogP contribution in [0.5, 0.6) is 0 Å². The molecule has 5 heteroatoms. The lowest BCUT2D eigenvalue weighted by atomic mass is 9.87. The van der Waals surface area contributed by atoms with Crippen LogP contribution in [0.3, 0.4) is 0 Å². The fraction of sp³-hybridized carbons (Fsp3) is 0.500. The number of aliphatic hydroxyl groups is 2. The second-order valence-corrected chi connectivity index (χ2v) is 7.69. The largest absolute Gasteiger partial charge is 0.504 e. The number of unbranched alkanes of at least 4 members (excludes halogenated alkanes) is 8. The maximum atomic E-state index is 13.0. The molecular formula is C24H31FO4. The van der Waals surface area contributed by atoms with Gasteiger partial charge in [0, 0.05) is 12.0 Å². The maximum Gasteiger partial charge on any atom is 0.227 e. The Bertz CT molecular complexity index is 775. The minimum absolute atomic E-state index is 0.00157. The molecule has 0 aromatic heterocycles. The van der Waals surface area contributed by atoms with Gasteiger partial charge in [-0.3, -0.25) is 9.59 Å². The molecule has 0 aliphatic heterocycles. The fourth-order valence-electron chi connectivity index (χ4n) is 3.59. The van der Waals surface area contributed by atoms with Crippen molar-refractivity contribution in [3.05, 3.63) is 58.3 Å². The van der Waals surface area contributed by atoms with E-state index in [1.54, 1.807) is 0 Å². The monoisotopic (exact) mass is 402 g/mol. The Kier molecular flexibility index (Phi) is 9.10. The highest BCUT2D eigenvalue weighted by molar-refractivity contribution is 6.23. The van der Waals surface area contributed by atoms with E-state index in [1.165, 1.54) is 56.4 Å². The number of hydrogen-bond acceptors (Lipinski definition) is 4. The number of ketones is 2. The molecule has 0 radical (unpaired) electrons. The Labute approximate surface area is 172 Å². The number of halogens is 1. The summed E-state index contributed by atoms with van der Waals surface area (Å²) in [6.07, 6.45) is 10.3. The number of benzene rings is 1. The molecule has 0 saturated heterocycles. The highest BCUT2D eigenvalue weighted by Gasteiger charge is 2.34. The molecule has 2 N–H and O–H groups in total. The quantitative estimate of drug-likeness (QED) is 0.329. The van der Waals surface area contributed by atoms with Crippen LogP contribution in [0, 0.1) is 5.82 Å². The van der Waals surface area contributed by atoms with Gasteiger partial charge in [0.15, 0.2) is 11.5 Å². The highest BCUT2D eigenvalue weighted by Crippen LogP contribution is 2.28. The molecule has 0 heterocycles. The third kappa shape index (κ3) is 6.55. The predicted molar refractivity (Wildman–Crippen MR) is 111 cm³/mol. The first-order valence-corrected chi connectivity index (χ1v) is 10.6. The third-order valence-electron chi connectivity index (χ3n) is 5.37. The van der Waals surface area contributed by atoms with Gasteiger partial charge >= 0.3 is 0 Å². The van der Waals surface area contributed by atoms with E-state index in [0.29, 0.717) is 12.0 Å². The minimum atomic E-state index is -0.725. The minimum Gasteiger partial charge on any atom is -0.504 e. The van der Waals surface area contributed by atoms with Gasteiger partial charge in [0.2, 0.25) is 11.6 Å². The van der Waals surface area contributed by atoms with Gasteiger partial charge in [-0.15, -0.1) is 0 Å². The SMILES string of the molecule is CCCCCCCCCCCC1=C(O)C(=O)C(Cc2ccc(F)cc2)=C(O)C1=O. The smallest absolute Gasteiger partial charge is 0.227 e. The van der Waals surface area contributed by atoms with Crippen molar-refractivity contribution in [2.75, 3.05) is 0 Å². The Morgan fingerprint density at radius 3 is 1.79 bits per heavy atom. The summed E-state index contributed by atoms with van der Waals surface area (Å²) in [4.78, 5) is 24.9. The summed E-state index contributed by atoms with van der Waals surface area (Å²) in [6, 6.07) is 5.44. The Balaban J connectivity index is 1.86. The highest BCUT2D eigenvalue weighted by atomic mass is 19.1. The Morgan fingerprint density at radius 1 is 0.724 bits per heavy atom. The first kappa shape index (κ1) is 22.9. The summed E-state index contributed by atoms with van der Waals surface area (Å²) in [5, 5.41) is 20.5. The second-order valence-electron chi connectivity index (χ2n) is 7.69. The van der Waals surface area contributed by atoms with Crippen molar-refractivity contribution in [3.63, 3.8) is 0 Å². The van der Waals surface area contributed by atoms with E-state index in [0.717, 1.165) is 19.3 Å². The molecule has 0 fully saturated rings. The van der Waals surface area contributed by atoms with Crippen LogP contribution >= 0.6 is 0 Å². The molecule has 2 rings (SSSR count). The van der Waals surface area contributed by atoms with Gasteiger partial charge in [0.25, 0.3) is 0 Å². The predicted octanol–water partition coefficient (Wildman–Crippen LogP) is 6.07. The molecule has 1 aromatic rings. The van der Waals surface area contributed by atoms with Crippen molar-refractivity contribution in [1.29, 1.82) is 0 Å². The lowest BCUT2D eigenvalue weighted by Crippen LogP contribution is -2.25. The van der Waals surface area contributed by atoms with Crippen molar-refractivity contribution >= 4 is 11.6 Å². The zero-order chi connectivity index (χ0) is 21.2. The summed E-state index contributed by atoms with van der Waals surface area (Å²) >= 11 is 0. The number of carbonyl (C=O) groups is 2. The van der Waals surface area contributed by atoms with Gasteiger partial charge in [-0.05, 0) is 30.5 Å². The van der Waals surface area contributed by atoms with Crippen molar-refractivity contribution in [3.8, 4) is 0 Å². The van der Waals surface area contributed by atoms with E-state index in [4.69, 9.17) is 0 Å². The summed E-state index contributed by atoms with van der Waals surface area (Å²) in [6.45, 7) is 2.19. The number of hydrogen-bond donors (Lipinski definition) is 2. The van der Waals surface area contributed by atoms with Crippen LogP contribution < -0.4 is 0 Å². The van der Waals surface area contributed by atoms with E-state index in [9.17, 15) is 24.2 Å². The van der Waals surface area contributed by atoms with Crippen LogP contribution in [0.25, 0.3) is 0 Å². The fourth-order valence-corrected chi connectivity index (χ4v) is 3.59. The van der Waals surface area contributed by atoms with Gasteiger partial charge in [0.05, 0.1) is 5.57 Å². The standard InChI is InChI=1S/C24H31FO4/c1-2-3-4-5-6-7-8-9-10-11-19-21(26)23(28)20(24(29)22(19)27)16-17-12-14-18(25)15-13-17/h12-15,26,29H,2-11,16H2,1H3. The molecule has 0 amide bonds. The number of Topliss-reactive ketones (excluding diaryl/α,β-unsaturated/α-hetero) is 2. The van der Waals surface area contributed by atoms with Crippen molar-refractivity contribution in [2.24, 2.45) is 0 Å². The van der Waals surface area contributed by atoms with Crippen molar-refractivity contribution in [2.45, 2.75) is 77.6 Å². The lowest BCUT2D eigenvalue weighted by Gasteiger charge is -2.18. The first-order valence-electron chi connectivity index (χ1n) is 10.6. The molecule has 0 atom stereocenters. The van der Waals surface area contributed by atoms with Crippen LogP contribution in [0.4, 0.5) is 4.39 Å². The molecular weight excluding hydrogens is 371 g/mol. The van der Waals surface area contributed by atoms with Crippen LogP contribution in [-0.2, 0) is 16.0 Å². The number of aliphatic hydroxyl groups excluding tert-OH is 2. The molecule has 1 aliphatic carbocycles. The zero-order valence-electron chi connectivity index (χ0n) is 17.2. The van der Waals surface area contributed by atoms with Crippen LogP contribution in [0.2, 0.25) is 0 Å². The molecule has 0 spiro atoms. The maximum absolute atomic E-state index is 13.0. The summed E-state index contributed by atoms with van der Waals surface area (Å²) in [7, 11) is 0.